The lowest BCUT2D eigenvalue weighted by Crippen LogP contribution is -2.43. The van der Waals surface area contributed by atoms with Crippen molar-refractivity contribution < 1.29 is 15.0 Å². The molecule has 2 aromatic rings. The number of aliphatic hydroxyl groups is 1. The highest BCUT2D eigenvalue weighted by atomic mass is 16.4. The van der Waals surface area contributed by atoms with E-state index in [4.69, 9.17) is 5.11 Å². The molecule has 6 heteroatoms. The highest BCUT2D eigenvalue weighted by Crippen LogP contribution is 2.20. The molecule has 2 N–H and O–H groups in total. The van der Waals surface area contributed by atoms with Crippen molar-refractivity contribution in [3.8, 4) is 0 Å². The number of benzene rings is 1. The van der Waals surface area contributed by atoms with Crippen LogP contribution < -0.4 is 10.4 Å². The topological polar surface area (TPSA) is 98.2 Å². The lowest BCUT2D eigenvalue weighted by Gasteiger charge is -2.18. The molecular formula is C12H12N3O3-. The quantitative estimate of drug-likeness (QED) is 0.752. The molecule has 0 saturated carbocycles. The average molecular weight is 246 g/mol. The minimum absolute atomic E-state index is 0.368. The number of aryl methyl sites for hydroxylation is 1. The summed E-state index contributed by atoms with van der Waals surface area (Å²) in [6.07, 6.45) is 1.34. The number of nitrogens with one attached hydrogen (secondary N) is 1. The van der Waals surface area contributed by atoms with Gasteiger partial charge in [0.05, 0.1) is 24.1 Å². The van der Waals surface area contributed by atoms with E-state index in [9.17, 15) is 9.90 Å². The molecule has 0 spiro atoms. The molecule has 1 heterocycles. The number of carbonyl (C=O) groups excluding carboxylic acids is 1. The number of hydrogen-bond donors (Lipinski definition) is 2. The third-order valence-electron chi connectivity index (χ3n) is 2.57. The molecule has 94 valence electrons. The van der Waals surface area contributed by atoms with Crippen molar-refractivity contribution in [1.29, 1.82) is 0 Å². The lowest BCUT2D eigenvalue weighted by atomic mass is 10.1. The van der Waals surface area contributed by atoms with Crippen LogP contribution >= 0.6 is 0 Å². The van der Waals surface area contributed by atoms with Gasteiger partial charge in [0.2, 0.25) is 0 Å². The Morgan fingerprint density at radius 3 is 2.94 bits per heavy atom. The summed E-state index contributed by atoms with van der Waals surface area (Å²) in [5.41, 5.74) is 1.71. The summed E-state index contributed by atoms with van der Waals surface area (Å²) in [5, 5.41) is 23.1. The highest BCUT2D eigenvalue weighted by Gasteiger charge is 2.11. The molecule has 1 aromatic heterocycles. The first kappa shape index (κ1) is 12.3. The van der Waals surface area contributed by atoms with Gasteiger partial charge in [-0.25, -0.2) is 9.97 Å². The van der Waals surface area contributed by atoms with Crippen LogP contribution in [0.5, 0.6) is 0 Å². The highest BCUT2D eigenvalue weighted by molar-refractivity contribution is 5.90. The summed E-state index contributed by atoms with van der Waals surface area (Å²) in [6.45, 7) is 1.35. The Morgan fingerprint density at radius 1 is 1.50 bits per heavy atom. The number of nitrogens with zero attached hydrogens (tertiary/aromatic N) is 2. The Labute approximate surface area is 103 Å². The van der Waals surface area contributed by atoms with Gasteiger partial charge in [0, 0.05) is 5.39 Å². The summed E-state index contributed by atoms with van der Waals surface area (Å²) in [6, 6.07) is 4.39. The van der Waals surface area contributed by atoms with Gasteiger partial charge in [0.25, 0.3) is 0 Å². The van der Waals surface area contributed by atoms with Crippen molar-refractivity contribution in [2.75, 3.05) is 11.9 Å². The number of hydrogen-bond acceptors (Lipinski definition) is 6. The van der Waals surface area contributed by atoms with E-state index in [-0.39, 0.29) is 0 Å². The third kappa shape index (κ3) is 2.38. The van der Waals surface area contributed by atoms with Crippen LogP contribution in [0.2, 0.25) is 0 Å². The van der Waals surface area contributed by atoms with E-state index in [1.54, 1.807) is 0 Å². The Hall–Kier alpha value is -2.21. The lowest BCUT2D eigenvalue weighted by molar-refractivity contribution is -0.307. The van der Waals surface area contributed by atoms with E-state index in [0.29, 0.717) is 16.7 Å². The van der Waals surface area contributed by atoms with Gasteiger partial charge < -0.3 is 20.3 Å². The van der Waals surface area contributed by atoms with Crippen LogP contribution in [0.25, 0.3) is 10.9 Å². The van der Waals surface area contributed by atoms with Crippen molar-refractivity contribution in [3.63, 3.8) is 0 Å². The van der Waals surface area contributed by atoms with Crippen LogP contribution in [-0.2, 0) is 4.79 Å². The number of carboxylic acid groups (broad SMARTS) is 1. The molecule has 2 rings (SSSR count). The number of carbonyl (C=O) groups is 1. The van der Waals surface area contributed by atoms with Crippen LogP contribution in [-0.4, -0.2) is 33.7 Å². The zero-order chi connectivity index (χ0) is 13.1. The first-order chi connectivity index (χ1) is 8.61. The van der Waals surface area contributed by atoms with Gasteiger partial charge >= 0.3 is 0 Å². The number of carboxylic acids is 1. The molecule has 0 radical (unpaired) electrons. The first-order valence-electron chi connectivity index (χ1n) is 5.41. The molecule has 1 aromatic carbocycles. The average Bonchev–Trinajstić information content (AvgIpc) is 2.35. The van der Waals surface area contributed by atoms with Crippen LogP contribution in [0.4, 0.5) is 5.82 Å². The normalized spacial score (nSPS) is 12.3. The van der Waals surface area contributed by atoms with Gasteiger partial charge in [-0.2, -0.15) is 0 Å². The molecule has 0 amide bonds. The maximum atomic E-state index is 10.8. The summed E-state index contributed by atoms with van der Waals surface area (Å²) in [7, 11) is 0. The molecule has 1 unspecified atom stereocenters. The van der Waals surface area contributed by atoms with Gasteiger partial charge in [-0.15, -0.1) is 0 Å². The summed E-state index contributed by atoms with van der Waals surface area (Å²) < 4.78 is 0. The fraction of sp³-hybridized carbons (Fsp3) is 0.250. The molecule has 6 nitrogen and oxygen atoms in total. The number of aliphatic carboxylic acids is 1. The number of aromatic nitrogens is 2. The molecule has 0 fully saturated rings. The van der Waals surface area contributed by atoms with E-state index in [0.717, 1.165) is 5.56 Å². The predicted octanol–water partition coefficient (Wildman–Crippen LogP) is -0.539. The van der Waals surface area contributed by atoms with Crippen molar-refractivity contribution in [2.45, 2.75) is 13.0 Å². The van der Waals surface area contributed by atoms with Gasteiger partial charge in [0.15, 0.2) is 0 Å². The number of aliphatic hydroxyl groups excluding tert-OH is 1. The Bertz CT molecular complexity index is 586. The van der Waals surface area contributed by atoms with Crippen LogP contribution in [0.3, 0.4) is 0 Å². The van der Waals surface area contributed by atoms with E-state index >= 15 is 0 Å². The van der Waals surface area contributed by atoms with E-state index in [2.05, 4.69) is 15.3 Å². The number of anilines is 1. The Kier molecular flexibility index (Phi) is 3.38. The maximum Gasteiger partial charge on any atom is 0.137 e. The van der Waals surface area contributed by atoms with Crippen LogP contribution in [0.1, 0.15) is 5.56 Å². The molecule has 0 aliphatic rings. The molecule has 0 bridgehead atoms. The molecule has 0 aliphatic carbocycles. The number of rotatable bonds is 4. The molecule has 1 atom stereocenters. The summed E-state index contributed by atoms with van der Waals surface area (Å²) in [4.78, 5) is 18.8. The fourth-order valence-electron chi connectivity index (χ4n) is 1.63. The first-order valence-corrected chi connectivity index (χ1v) is 5.41. The van der Waals surface area contributed by atoms with E-state index < -0.39 is 18.6 Å². The Morgan fingerprint density at radius 2 is 2.28 bits per heavy atom. The fourth-order valence-corrected chi connectivity index (χ4v) is 1.63. The minimum atomic E-state index is -1.38. The second-order valence-corrected chi connectivity index (χ2v) is 3.94. The number of fused-ring (bicyclic) bond motifs is 1. The van der Waals surface area contributed by atoms with Crippen molar-refractivity contribution in [1.82, 2.24) is 9.97 Å². The van der Waals surface area contributed by atoms with E-state index in [1.807, 2.05) is 25.1 Å². The van der Waals surface area contributed by atoms with Gasteiger partial charge in [0.1, 0.15) is 12.1 Å². The predicted molar refractivity (Wildman–Crippen MR) is 63.8 cm³/mol. The maximum absolute atomic E-state index is 10.8. The monoisotopic (exact) mass is 246 g/mol. The van der Waals surface area contributed by atoms with Crippen LogP contribution in [0.15, 0.2) is 24.5 Å². The molecule has 18 heavy (non-hydrogen) atoms. The SMILES string of the molecule is Cc1ccc2ncnc(NC(CO)C(=O)[O-])c2c1. The van der Waals surface area contributed by atoms with Crippen molar-refractivity contribution in [3.05, 3.63) is 30.1 Å². The standard InChI is InChI=1S/C12H13N3O3/c1-7-2-3-9-8(4-7)11(14-6-13-9)15-10(5-16)12(17)18/h2-4,6,10,16H,5H2,1H3,(H,17,18)(H,13,14,15)/p-1. The summed E-state index contributed by atoms with van der Waals surface area (Å²) >= 11 is 0. The molecule has 0 aliphatic heterocycles. The van der Waals surface area contributed by atoms with Gasteiger partial charge in [-0.05, 0) is 19.1 Å². The smallest absolute Gasteiger partial charge is 0.137 e. The van der Waals surface area contributed by atoms with Crippen molar-refractivity contribution in [2.24, 2.45) is 0 Å². The minimum Gasteiger partial charge on any atom is -0.548 e. The van der Waals surface area contributed by atoms with Crippen LogP contribution in [0, 0.1) is 6.92 Å². The molecular weight excluding hydrogens is 234 g/mol. The second kappa shape index (κ2) is 4.97. The Balaban J connectivity index is 2.44. The summed E-state index contributed by atoms with van der Waals surface area (Å²) in [5.74, 6) is -1.01. The van der Waals surface area contributed by atoms with Gasteiger partial charge in [-0.1, -0.05) is 11.6 Å². The second-order valence-electron chi connectivity index (χ2n) is 3.94. The van der Waals surface area contributed by atoms with Gasteiger partial charge in [-0.3, -0.25) is 0 Å². The largest absolute Gasteiger partial charge is 0.548 e. The van der Waals surface area contributed by atoms with Crippen molar-refractivity contribution >= 4 is 22.7 Å². The third-order valence-corrected chi connectivity index (χ3v) is 2.57. The zero-order valence-electron chi connectivity index (χ0n) is 9.75. The van der Waals surface area contributed by atoms with E-state index in [1.165, 1.54) is 6.33 Å². The zero-order valence-corrected chi connectivity index (χ0v) is 9.75. The molecule has 0 saturated heterocycles.